The highest BCUT2D eigenvalue weighted by molar-refractivity contribution is 5.78. The summed E-state index contributed by atoms with van der Waals surface area (Å²) < 4.78 is 7.71. The van der Waals surface area contributed by atoms with Crippen molar-refractivity contribution in [3.8, 4) is 28.1 Å². The number of nitrogens with two attached hydrogens (primary N) is 1. The van der Waals surface area contributed by atoms with Gasteiger partial charge >= 0.3 is 0 Å². The summed E-state index contributed by atoms with van der Waals surface area (Å²) in [5.41, 5.74) is 11.7. The predicted molar refractivity (Wildman–Crippen MR) is 132 cm³/mol. The molecule has 6 heteroatoms. The molecule has 0 amide bonds. The van der Waals surface area contributed by atoms with Crippen LogP contribution in [0.25, 0.3) is 22.3 Å². The number of aryl methyl sites for hydroxylation is 1. The number of ether oxygens (including phenoxy) is 1. The van der Waals surface area contributed by atoms with Crippen molar-refractivity contribution in [2.45, 2.75) is 51.3 Å². The Labute approximate surface area is 195 Å². The van der Waals surface area contributed by atoms with E-state index in [0.717, 1.165) is 52.9 Å². The van der Waals surface area contributed by atoms with Gasteiger partial charge in [0, 0.05) is 44.0 Å². The number of hydrogen-bond acceptors (Lipinski definition) is 5. The summed E-state index contributed by atoms with van der Waals surface area (Å²) in [5, 5.41) is 0. The molecule has 2 aliphatic rings. The zero-order valence-electron chi connectivity index (χ0n) is 19.6. The molecule has 1 aliphatic heterocycles. The zero-order chi connectivity index (χ0) is 23.1. The van der Waals surface area contributed by atoms with Gasteiger partial charge in [0.15, 0.2) is 0 Å². The van der Waals surface area contributed by atoms with Crippen molar-refractivity contribution in [2.24, 2.45) is 18.7 Å². The van der Waals surface area contributed by atoms with Gasteiger partial charge in [-0.05, 0) is 78.1 Å². The number of hydrogen-bond donors (Lipinski definition) is 1. The molecule has 0 radical (unpaired) electrons. The highest BCUT2D eigenvalue weighted by Gasteiger charge is 2.27. The van der Waals surface area contributed by atoms with Crippen LogP contribution in [0.1, 0.15) is 38.2 Å². The molecule has 1 fully saturated rings. The Bertz CT molecular complexity index is 1220. The van der Waals surface area contributed by atoms with Crippen LogP contribution in [0.15, 0.2) is 53.5 Å². The monoisotopic (exact) mass is 444 g/mol. The highest BCUT2D eigenvalue weighted by Crippen LogP contribution is 2.39. The van der Waals surface area contributed by atoms with Gasteiger partial charge in [0.2, 0.25) is 11.4 Å². The van der Waals surface area contributed by atoms with Gasteiger partial charge in [-0.25, -0.2) is 0 Å². The fourth-order valence-electron chi connectivity index (χ4n) is 5.16. The Kier molecular flexibility index (Phi) is 5.71. The van der Waals surface area contributed by atoms with Crippen LogP contribution in [0.5, 0.6) is 5.88 Å². The first-order valence-electron chi connectivity index (χ1n) is 11.8. The van der Waals surface area contributed by atoms with Crippen molar-refractivity contribution < 1.29 is 4.74 Å². The van der Waals surface area contributed by atoms with Crippen molar-refractivity contribution in [2.75, 3.05) is 11.9 Å². The van der Waals surface area contributed by atoms with Gasteiger partial charge in [0.05, 0.1) is 0 Å². The summed E-state index contributed by atoms with van der Waals surface area (Å²) in [6.07, 6.45) is 6.30. The van der Waals surface area contributed by atoms with Crippen LogP contribution >= 0.6 is 0 Å². The first-order valence-corrected chi connectivity index (χ1v) is 11.8. The van der Waals surface area contributed by atoms with E-state index in [2.05, 4.69) is 49.2 Å². The number of fused-ring (bicyclic) bond motifs is 3. The zero-order valence-corrected chi connectivity index (χ0v) is 19.6. The van der Waals surface area contributed by atoms with Gasteiger partial charge in [-0.2, -0.15) is 4.98 Å². The quantitative estimate of drug-likeness (QED) is 0.608. The maximum atomic E-state index is 11.7. The highest BCUT2D eigenvalue weighted by atomic mass is 16.5. The van der Waals surface area contributed by atoms with Gasteiger partial charge in [0.25, 0.3) is 0 Å². The van der Waals surface area contributed by atoms with E-state index in [1.54, 1.807) is 17.7 Å². The lowest BCUT2D eigenvalue weighted by atomic mass is 9.95. The molecule has 3 aromatic rings. The van der Waals surface area contributed by atoms with E-state index >= 15 is 0 Å². The van der Waals surface area contributed by atoms with Crippen LogP contribution in [0.3, 0.4) is 0 Å². The fraction of sp³-hybridized carbons (Fsp3) is 0.407. The number of aromatic nitrogens is 2. The summed E-state index contributed by atoms with van der Waals surface area (Å²) in [6, 6.07) is 14.7. The molecule has 3 atom stereocenters. The van der Waals surface area contributed by atoms with Crippen molar-refractivity contribution >= 4 is 5.82 Å². The second kappa shape index (κ2) is 8.67. The lowest BCUT2D eigenvalue weighted by Gasteiger charge is -2.31. The Morgan fingerprint density at radius 2 is 1.85 bits per heavy atom. The minimum absolute atomic E-state index is 0.0129. The van der Waals surface area contributed by atoms with Gasteiger partial charge in [0.1, 0.15) is 12.4 Å². The van der Waals surface area contributed by atoms with Gasteiger partial charge < -0.3 is 19.9 Å². The standard InChI is InChI=1S/C27H32N4O2/c1-17-4-7-21(28)14-22(12-17)31(3)25-10-9-24-23-8-5-18(13-20(23)16-33-27(24)29-25)19-6-11-26(32)30(2)15-19/h5-6,8-11,13,15,17,21-22H,4,7,12,14,16,28H2,1-3H3/t17-,21?,22?/m1/s1. The maximum Gasteiger partial charge on any atom is 0.250 e. The molecule has 172 valence electrons. The molecule has 3 heterocycles. The van der Waals surface area contributed by atoms with E-state index in [1.165, 1.54) is 6.42 Å². The van der Waals surface area contributed by atoms with Gasteiger partial charge in [-0.15, -0.1) is 0 Å². The SMILES string of the molecule is C[C@@H]1CCC(N)CC(N(C)c2ccc3c(n2)OCc2cc(-c4ccc(=O)n(C)c4)ccc2-3)C1. The first kappa shape index (κ1) is 21.7. The molecule has 0 spiro atoms. The third kappa shape index (κ3) is 4.27. The topological polar surface area (TPSA) is 73.4 Å². The molecule has 1 aliphatic carbocycles. The van der Waals surface area contributed by atoms with E-state index in [1.807, 2.05) is 12.3 Å². The largest absolute Gasteiger partial charge is 0.472 e. The summed E-state index contributed by atoms with van der Waals surface area (Å²) in [4.78, 5) is 18.9. The lowest BCUT2D eigenvalue weighted by molar-refractivity contribution is 0.290. The number of nitrogens with zero attached hydrogens (tertiary/aromatic N) is 3. The van der Waals surface area contributed by atoms with E-state index in [-0.39, 0.29) is 11.6 Å². The average molecular weight is 445 g/mol. The third-order valence-electron chi connectivity index (χ3n) is 7.21. The van der Waals surface area contributed by atoms with Crippen LogP contribution in [0.4, 0.5) is 5.82 Å². The molecule has 33 heavy (non-hydrogen) atoms. The lowest BCUT2D eigenvalue weighted by Crippen LogP contribution is -2.37. The van der Waals surface area contributed by atoms with E-state index in [9.17, 15) is 4.79 Å². The Hall–Kier alpha value is -3.12. The number of anilines is 1. The van der Waals surface area contributed by atoms with Crippen LogP contribution in [0, 0.1) is 5.92 Å². The third-order valence-corrected chi connectivity index (χ3v) is 7.21. The Morgan fingerprint density at radius 3 is 2.67 bits per heavy atom. The van der Waals surface area contributed by atoms with Gasteiger partial charge in [-0.1, -0.05) is 19.1 Å². The Balaban J connectivity index is 1.43. The molecular formula is C27H32N4O2. The Morgan fingerprint density at radius 1 is 1.06 bits per heavy atom. The summed E-state index contributed by atoms with van der Waals surface area (Å²) in [7, 11) is 3.90. The van der Waals surface area contributed by atoms with Gasteiger partial charge in [-0.3, -0.25) is 4.79 Å². The minimum Gasteiger partial charge on any atom is -0.472 e. The number of pyridine rings is 2. The number of benzene rings is 1. The minimum atomic E-state index is -0.0129. The molecule has 2 N–H and O–H groups in total. The molecule has 1 aromatic carbocycles. The van der Waals surface area contributed by atoms with Crippen LogP contribution < -0.4 is 20.9 Å². The predicted octanol–water partition coefficient (Wildman–Crippen LogP) is 4.35. The van der Waals surface area contributed by atoms with E-state index in [4.69, 9.17) is 15.5 Å². The van der Waals surface area contributed by atoms with Crippen molar-refractivity contribution in [3.63, 3.8) is 0 Å². The van der Waals surface area contributed by atoms with Crippen molar-refractivity contribution in [1.82, 2.24) is 9.55 Å². The molecule has 0 bridgehead atoms. The van der Waals surface area contributed by atoms with Crippen LogP contribution in [0.2, 0.25) is 0 Å². The fourth-order valence-corrected chi connectivity index (χ4v) is 5.16. The normalized spacial score (nSPS) is 22.0. The second-order valence-electron chi connectivity index (χ2n) is 9.73. The smallest absolute Gasteiger partial charge is 0.250 e. The van der Waals surface area contributed by atoms with Crippen molar-refractivity contribution in [3.05, 3.63) is 64.6 Å². The average Bonchev–Trinajstić information content (AvgIpc) is 2.99. The maximum absolute atomic E-state index is 11.7. The summed E-state index contributed by atoms with van der Waals surface area (Å²) in [5.74, 6) is 2.30. The molecule has 2 aromatic heterocycles. The van der Waals surface area contributed by atoms with Crippen LogP contribution in [-0.4, -0.2) is 28.7 Å². The summed E-state index contributed by atoms with van der Waals surface area (Å²) in [6.45, 7) is 2.80. The van der Waals surface area contributed by atoms with Crippen LogP contribution in [-0.2, 0) is 13.7 Å². The molecule has 0 saturated heterocycles. The molecule has 6 nitrogen and oxygen atoms in total. The number of rotatable bonds is 3. The van der Waals surface area contributed by atoms with E-state index < -0.39 is 0 Å². The molecule has 2 unspecified atom stereocenters. The molecule has 5 rings (SSSR count). The summed E-state index contributed by atoms with van der Waals surface area (Å²) >= 11 is 0. The first-order chi connectivity index (χ1) is 15.9. The van der Waals surface area contributed by atoms with E-state index in [0.29, 0.717) is 24.4 Å². The molecule has 1 saturated carbocycles. The van der Waals surface area contributed by atoms with Crippen molar-refractivity contribution in [1.29, 1.82) is 0 Å². The second-order valence-corrected chi connectivity index (χ2v) is 9.73. The molecular weight excluding hydrogens is 412 g/mol.